The number of halogens is 4. The molecule has 0 saturated heterocycles. The van der Waals surface area contributed by atoms with E-state index in [1.165, 1.54) is 35.1 Å². The maximum Gasteiger partial charge on any atom is 0.573 e. The zero-order chi connectivity index (χ0) is 14.9. The van der Waals surface area contributed by atoms with Gasteiger partial charge in [0, 0.05) is 7.05 Å². The molecular weight excluding hydrogens is 295 g/mol. The van der Waals surface area contributed by atoms with Gasteiger partial charge in [0.15, 0.2) is 0 Å². The SMILES string of the molecule is Cn1ncc(Cl)c1C(N)c1ccc(OC(F)(F)F)cc1. The van der Waals surface area contributed by atoms with Crippen LogP contribution in [-0.2, 0) is 7.05 Å². The highest BCUT2D eigenvalue weighted by atomic mass is 35.5. The summed E-state index contributed by atoms with van der Waals surface area (Å²) < 4.78 is 41.5. The first-order valence-corrected chi connectivity index (χ1v) is 5.94. The monoisotopic (exact) mass is 305 g/mol. The van der Waals surface area contributed by atoms with Crippen LogP contribution in [0.15, 0.2) is 30.5 Å². The van der Waals surface area contributed by atoms with Gasteiger partial charge in [-0.3, -0.25) is 4.68 Å². The van der Waals surface area contributed by atoms with Crippen LogP contribution in [0.4, 0.5) is 13.2 Å². The number of ether oxygens (including phenoxy) is 1. The highest BCUT2D eigenvalue weighted by Gasteiger charge is 2.31. The van der Waals surface area contributed by atoms with Crippen LogP contribution in [0, 0.1) is 0 Å². The molecule has 1 aromatic heterocycles. The molecule has 0 spiro atoms. The smallest absolute Gasteiger partial charge is 0.406 e. The molecule has 0 aliphatic heterocycles. The van der Waals surface area contributed by atoms with E-state index < -0.39 is 12.4 Å². The van der Waals surface area contributed by atoms with Gasteiger partial charge in [-0.05, 0) is 17.7 Å². The minimum Gasteiger partial charge on any atom is -0.406 e. The average Bonchev–Trinajstić information content (AvgIpc) is 2.67. The van der Waals surface area contributed by atoms with Gasteiger partial charge in [0.1, 0.15) is 5.75 Å². The predicted molar refractivity (Wildman–Crippen MR) is 67.4 cm³/mol. The van der Waals surface area contributed by atoms with Gasteiger partial charge in [-0.1, -0.05) is 23.7 Å². The third-order valence-corrected chi connectivity index (χ3v) is 3.00. The Labute approximate surface area is 117 Å². The van der Waals surface area contributed by atoms with Gasteiger partial charge in [-0.15, -0.1) is 13.2 Å². The lowest BCUT2D eigenvalue weighted by Crippen LogP contribution is -2.18. The molecule has 1 atom stereocenters. The first-order valence-electron chi connectivity index (χ1n) is 5.56. The van der Waals surface area contributed by atoms with Crippen LogP contribution in [0.5, 0.6) is 5.75 Å². The number of nitrogens with two attached hydrogens (primary N) is 1. The van der Waals surface area contributed by atoms with Crippen LogP contribution in [0.2, 0.25) is 5.02 Å². The fourth-order valence-corrected chi connectivity index (χ4v) is 2.09. The number of hydrogen-bond acceptors (Lipinski definition) is 3. The Bertz CT molecular complexity index is 575. The molecular formula is C12H11ClF3N3O. The van der Waals surface area contributed by atoms with E-state index in [1.54, 1.807) is 7.05 Å². The Kier molecular flexibility index (Phi) is 3.92. The van der Waals surface area contributed by atoms with Crippen molar-refractivity contribution in [1.82, 2.24) is 9.78 Å². The molecule has 20 heavy (non-hydrogen) atoms. The van der Waals surface area contributed by atoms with Crippen molar-refractivity contribution in [2.24, 2.45) is 12.8 Å². The number of benzene rings is 1. The number of aryl methyl sites for hydroxylation is 1. The molecule has 0 bridgehead atoms. The second-order valence-electron chi connectivity index (χ2n) is 4.10. The largest absolute Gasteiger partial charge is 0.573 e. The molecule has 1 unspecified atom stereocenters. The van der Waals surface area contributed by atoms with Crippen LogP contribution < -0.4 is 10.5 Å². The lowest BCUT2D eigenvalue weighted by Gasteiger charge is -2.14. The molecule has 8 heteroatoms. The van der Waals surface area contributed by atoms with Gasteiger partial charge >= 0.3 is 6.36 Å². The molecule has 2 N–H and O–H groups in total. The zero-order valence-electron chi connectivity index (χ0n) is 10.4. The molecule has 2 aromatic rings. The van der Waals surface area contributed by atoms with Crippen molar-refractivity contribution in [2.75, 3.05) is 0 Å². The highest BCUT2D eigenvalue weighted by molar-refractivity contribution is 6.31. The molecule has 1 aromatic carbocycles. The van der Waals surface area contributed by atoms with E-state index in [0.717, 1.165) is 0 Å². The van der Waals surface area contributed by atoms with E-state index in [9.17, 15) is 13.2 Å². The maximum atomic E-state index is 12.1. The minimum absolute atomic E-state index is 0.301. The lowest BCUT2D eigenvalue weighted by molar-refractivity contribution is -0.274. The fraction of sp³-hybridized carbons (Fsp3) is 0.250. The van der Waals surface area contributed by atoms with E-state index in [-0.39, 0.29) is 5.75 Å². The Morgan fingerprint density at radius 3 is 2.35 bits per heavy atom. The van der Waals surface area contributed by atoms with Crippen LogP contribution in [0.25, 0.3) is 0 Å². The first-order chi connectivity index (χ1) is 9.28. The van der Waals surface area contributed by atoms with Crippen molar-refractivity contribution in [2.45, 2.75) is 12.4 Å². The van der Waals surface area contributed by atoms with Gasteiger partial charge in [-0.25, -0.2) is 0 Å². The van der Waals surface area contributed by atoms with Crippen LogP contribution in [0.3, 0.4) is 0 Å². The summed E-state index contributed by atoms with van der Waals surface area (Å²) in [6.07, 6.45) is -3.26. The molecule has 0 aliphatic rings. The summed E-state index contributed by atoms with van der Waals surface area (Å²) in [6, 6.07) is 4.72. The van der Waals surface area contributed by atoms with Crippen LogP contribution in [0.1, 0.15) is 17.3 Å². The summed E-state index contributed by atoms with van der Waals surface area (Å²) >= 11 is 5.97. The Balaban J connectivity index is 2.22. The number of hydrogen-bond donors (Lipinski definition) is 1. The highest BCUT2D eigenvalue weighted by Crippen LogP contribution is 2.28. The topological polar surface area (TPSA) is 53.1 Å². The molecule has 2 rings (SSSR count). The van der Waals surface area contributed by atoms with Gasteiger partial charge in [-0.2, -0.15) is 5.10 Å². The van der Waals surface area contributed by atoms with E-state index in [2.05, 4.69) is 9.84 Å². The minimum atomic E-state index is -4.71. The second-order valence-corrected chi connectivity index (χ2v) is 4.50. The van der Waals surface area contributed by atoms with Crippen molar-refractivity contribution in [1.29, 1.82) is 0 Å². The number of aromatic nitrogens is 2. The first kappa shape index (κ1) is 14.7. The lowest BCUT2D eigenvalue weighted by atomic mass is 10.0. The van der Waals surface area contributed by atoms with Gasteiger partial charge in [0.2, 0.25) is 0 Å². The quantitative estimate of drug-likeness (QED) is 0.948. The van der Waals surface area contributed by atoms with E-state index in [1.807, 2.05) is 0 Å². The number of rotatable bonds is 3. The van der Waals surface area contributed by atoms with Crippen molar-refractivity contribution in [3.8, 4) is 5.75 Å². The Morgan fingerprint density at radius 2 is 1.90 bits per heavy atom. The van der Waals surface area contributed by atoms with Crippen molar-refractivity contribution in [3.63, 3.8) is 0 Å². The second kappa shape index (κ2) is 5.34. The summed E-state index contributed by atoms with van der Waals surface area (Å²) in [6.45, 7) is 0. The molecule has 0 radical (unpaired) electrons. The predicted octanol–water partition coefficient (Wildman–Crippen LogP) is 3.02. The summed E-state index contributed by atoms with van der Waals surface area (Å²) in [5, 5.41) is 4.36. The van der Waals surface area contributed by atoms with Gasteiger partial charge < -0.3 is 10.5 Å². The van der Waals surface area contributed by atoms with Crippen LogP contribution >= 0.6 is 11.6 Å². The molecule has 108 valence electrons. The van der Waals surface area contributed by atoms with E-state index >= 15 is 0 Å². The summed E-state index contributed by atoms with van der Waals surface area (Å²) in [7, 11) is 1.68. The fourth-order valence-electron chi connectivity index (χ4n) is 1.80. The Morgan fingerprint density at radius 1 is 1.30 bits per heavy atom. The number of nitrogens with zero attached hydrogens (tertiary/aromatic N) is 2. The molecule has 4 nitrogen and oxygen atoms in total. The molecule has 0 amide bonds. The zero-order valence-corrected chi connectivity index (χ0v) is 11.1. The normalized spacial score (nSPS) is 13.3. The molecule has 0 fully saturated rings. The standard InChI is InChI=1S/C12H11ClF3N3O/c1-19-11(9(13)6-18-19)10(17)7-2-4-8(5-3-7)20-12(14,15)16/h2-6,10H,17H2,1H3. The third kappa shape index (κ3) is 3.23. The maximum absolute atomic E-state index is 12.1. The summed E-state index contributed by atoms with van der Waals surface area (Å²) in [5.74, 6) is -0.301. The third-order valence-electron chi connectivity index (χ3n) is 2.71. The Hall–Kier alpha value is -1.73. The van der Waals surface area contributed by atoms with E-state index in [4.69, 9.17) is 17.3 Å². The molecule has 0 saturated carbocycles. The van der Waals surface area contributed by atoms with Crippen LogP contribution in [-0.4, -0.2) is 16.1 Å². The summed E-state index contributed by atoms with van der Waals surface area (Å²) in [4.78, 5) is 0. The van der Waals surface area contributed by atoms with Crippen molar-refractivity contribution in [3.05, 3.63) is 46.7 Å². The summed E-state index contributed by atoms with van der Waals surface area (Å²) in [5.41, 5.74) is 7.21. The van der Waals surface area contributed by atoms with E-state index in [0.29, 0.717) is 16.3 Å². The average molecular weight is 306 g/mol. The van der Waals surface area contributed by atoms with Gasteiger partial charge in [0.25, 0.3) is 0 Å². The van der Waals surface area contributed by atoms with Gasteiger partial charge in [0.05, 0.1) is 23.0 Å². The molecule has 1 heterocycles. The molecule has 0 aliphatic carbocycles. The van der Waals surface area contributed by atoms with Crippen molar-refractivity contribution < 1.29 is 17.9 Å². The van der Waals surface area contributed by atoms with Crippen molar-refractivity contribution >= 4 is 11.6 Å². The number of alkyl halides is 3.